The van der Waals surface area contributed by atoms with E-state index in [-0.39, 0.29) is 18.4 Å². The zero-order valence-electron chi connectivity index (χ0n) is 19.8. The van der Waals surface area contributed by atoms with Gasteiger partial charge in [-0.3, -0.25) is 9.69 Å². The van der Waals surface area contributed by atoms with Crippen LogP contribution in [0.2, 0.25) is 15.1 Å². The van der Waals surface area contributed by atoms with Crippen molar-refractivity contribution in [1.29, 1.82) is 0 Å². The van der Waals surface area contributed by atoms with Gasteiger partial charge in [0.05, 0.1) is 28.4 Å². The molecule has 1 unspecified atom stereocenters. The summed E-state index contributed by atoms with van der Waals surface area (Å²) in [4.78, 5) is 26.3. The number of carbonyl (C=O) groups is 2. The number of hydrogen-bond acceptors (Lipinski definition) is 7. The first-order chi connectivity index (χ1) is 17.2. The molecule has 0 spiro atoms. The fraction of sp³-hybridized carbons (Fsp3) is 0.417. The fourth-order valence-corrected chi connectivity index (χ4v) is 4.49. The SMILES string of the molecule is COc1cc(N)c(Cl)cc1C(=O)NCC1CCN(CC(COc2cccc(Cl)c2Cl)OC(N)=O)CC1. The molecule has 196 valence electrons. The van der Waals surface area contributed by atoms with Gasteiger partial charge in [-0.2, -0.15) is 0 Å². The second-order valence-corrected chi connectivity index (χ2v) is 9.64. The molecule has 0 radical (unpaired) electrons. The van der Waals surface area contributed by atoms with Gasteiger partial charge in [0.2, 0.25) is 0 Å². The van der Waals surface area contributed by atoms with Crippen molar-refractivity contribution < 1.29 is 23.8 Å². The third kappa shape index (κ3) is 7.70. The van der Waals surface area contributed by atoms with Crippen LogP contribution in [0.15, 0.2) is 30.3 Å². The predicted octanol–water partition coefficient (Wildman–Crippen LogP) is 4.22. The Labute approximate surface area is 224 Å². The predicted molar refractivity (Wildman–Crippen MR) is 140 cm³/mol. The third-order valence-corrected chi connectivity index (χ3v) is 7.04. The van der Waals surface area contributed by atoms with Gasteiger partial charge in [0.25, 0.3) is 5.91 Å². The summed E-state index contributed by atoms with van der Waals surface area (Å²) < 4.78 is 16.2. The van der Waals surface area contributed by atoms with Gasteiger partial charge in [-0.25, -0.2) is 4.79 Å². The summed E-state index contributed by atoms with van der Waals surface area (Å²) in [5.41, 5.74) is 11.7. The molecule has 1 heterocycles. The molecule has 1 saturated heterocycles. The molecule has 12 heteroatoms. The minimum atomic E-state index is -0.878. The molecule has 0 aromatic heterocycles. The van der Waals surface area contributed by atoms with Crippen molar-refractivity contribution >= 4 is 52.5 Å². The van der Waals surface area contributed by atoms with Gasteiger partial charge in [-0.05, 0) is 50.0 Å². The zero-order chi connectivity index (χ0) is 26.2. The number of rotatable bonds is 10. The molecule has 2 amide bonds. The van der Waals surface area contributed by atoms with E-state index in [2.05, 4.69) is 10.2 Å². The molecular formula is C24H29Cl3N4O5. The number of nitrogens with two attached hydrogens (primary N) is 2. The van der Waals surface area contributed by atoms with E-state index in [0.717, 1.165) is 25.9 Å². The van der Waals surface area contributed by atoms with E-state index in [9.17, 15) is 9.59 Å². The van der Waals surface area contributed by atoms with Crippen LogP contribution in [0, 0.1) is 5.92 Å². The topological polar surface area (TPSA) is 129 Å². The molecule has 36 heavy (non-hydrogen) atoms. The first-order valence-corrected chi connectivity index (χ1v) is 12.5. The van der Waals surface area contributed by atoms with Crippen molar-refractivity contribution in [3.8, 4) is 11.5 Å². The van der Waals surface area contributed by atoms with Crippen molar-refractivity contribution in [3.05, 3.63) is 51.0 Å². The third-order valence-electron chi connectivity index (χ3n) is 5.91. The lowest BCUT2D eigenvalue weighted by Gasteiger charge is -2.34. The monoisotopic (exact) mass is 558 g/mol. The Morgan fingerprint density at radius 2 is 1.86 bits per heavy atom. The maximum Gasteiger partial charge on any atom is 0.404 e. The number of amides is 2. The number of halogens is 3. The van der Waals surface area contributed by atoms with Crippen LogP contribution in [-0.2, 0) is 4.74 Å². The largest absolute Gasteiger partial charge is 0.496 e. The molecule has 0 saturated carbocycles. The lowest BCUT2D eigenvalue weighted by molar-refractivity contribution is 0.0367. The van der Waals surface area contributed by atoms with E-state index in [1.54, 1.807) is 18.2 Å². The van der Waals surface area contributed by atoms with Crippen LogP contribution < -0.4 is 26.3 Å². The Bertz CT molecular complexity index is 1080. The number of anilines is 1. The standard InChI is InChI=1S/C24H29Cl3N4O5/c1-34-21-10-19(28)18(26)9-16(21)23(32)30-11-14-5-7-31(8-6-14)12-15(36-24(29)33)13-35-20-4-2-3-17(25)22(20)27/h2-4,9-10,14-15H,5-8,11-13,28H2,1H3,(H2,29,33)(H,30,32). The first-order valence-electron chi connectivity index (χ1n) is 11.3. The molecule has 1 atom stereocenters. The van der Waals surface area contributed by atoms with Gasteiger partial charge >= 0.3 is 6.09 Å². The Morgan fingerprint density at radius 1 is 1.14 bits per heavy atom. The van der Waals surface area contributed by atoms with Crippen molar-refractivity contribution in [2.24, 2.45) is 11.7 Å². The maximum absolute atomic E-state index is 12.7. The van der Waals surface area contributed by atoms with Crippen molar-refractivity contribution in [1.82, 2.24) is 10.2 Å². The number of methoxy groups -OCH3 is 1. The van der Waals surface area contributed by atoms with Crippen LogP contribution in [-0.4, -0.2) is 62.9 Å². The summed E-state index contributed by atoms with van der Waals surface area (Å²) in [6.45, 7) is 2.55. The Hall–Kier alpha value is -2.59. The van der Waals surface area contributed by atoms with Crippen LogP contribution in [0.5, 0.6) is 11.5 Å². The van der Waals surface area contributed by atoms with E-state index < -0.39 is 12.2 Å². The summed E-state index contributed by atoms with van der Waals surface area (Å²) in [5.74, 6) is 0.780. The lowest BCUT2D eigenvalue weighted by atomic mass is 9.96. The highest BCUT2D eigenvalue weighted by molar-refractivity contribution is 6.42. The zero-order valence-corrected chi connectivity index (χ0v) is 22.0. The second kappa shape index (κ2) is 13.1. The Kier molecular flexibility index (Phi) is 10.2. The number of benzene rings is 2. The fourth-order valence-electron chi connectivity index (χ4n) is 3.98. The first kappa shape index (κ1) is 28.0. The van der Waals surface area contributed by atoms with E-state index in [1.165, 1.54) is 19.2 Å². The quantitative estimate of drug-likeness (QED) is 0.372. The molecule has 5 N–H and O–H groups in total. The molecule has 0 bridgehead atoms. The van der Waals surface area contributed by atoms with Crippen LogP contribution in [0.3, 0.4) is 0 Å². The number of hydrogen-bond donors (Lipinski definition) is 3. The Morgan fingerprint density at radius 3 is 2.53 bits per heavy atom. The van der Waals surface area contributed by atoms with Gasteiger partial charge < -0.3 is 31.0 Å². The smallest absolute Gasteiger partial charge is 0.404 e. The molecule has 9 nitrogen and oxygen atoms in total. The number of ether oxygens (including phenoxy) is 3. The number of likely N-dealkylation sites (tertiary alicyclic amines) is 1. The average molecular weight is 560 g/mol. The van der Waals surface area contributed by atoms with Gasteiger partial charge in [0.15, 0.2) is 6.10 Å². The molecule has 1 aliphatic heterocycles. The van der Waals surface area contributed by atoms with Crippen molar-refractivity contribution in [2.45, 2.75) is 18.9 Å². The summed E-state index contributed by atoms with van der Waals surface area (Å²) in [6, 6.07) is 8.09. The molecule has 3 rings (SSSR count). The number of piperidine rings is 1. The highest BCUT2D eigenvalue weighted by atomic mass is 35.5. The summed E-state index contributed by atoms with van der Waals surface area (Å²) in [6.07, 6.45) is 0.238. The highest BCUT2D eigenvalue weighted by Gasteiger charge is 2.25. The molecule has 0 aliphatic carbocycles. The maximum atomic E-state index is 12.7. The van der Waals surface area contributed by atoms with Crippen LogP contribution in [0.1, 0.15) is 23.2 Å². The van der Waals surface area contributed by atoms with Crippen molar-refractivity contribution in [3.63, 3.8) is 0 Å². The highest BCUT2D eigenvalue weighted by Crippen LogP contribution is 2.32. The van der Waals surface area contributed by atoms with E-state index >= 15 is 0 Å². The van der Waals surface area contributed by atoms with Crippen LogP contribution >= 0.6 is 34.8 Å². The molecule has 1 fully saturated rings. The normalized spacial score (nSPS) is 15.2. The number of nitrogen functional groups attached to an aromatic ring is 1. The minimum Gasteiger partial charge on any atom is -0.496 e. The van der Waals surface area contributed by atoms with E-state index in [1.807, 2.05) is 0 Å². The number of primary amides is 1. The molecular weight excluding hydrogens is 531 g/mol. The molecule has 2 aromatic rings. The molecule has 2 aromatic carbocycles. The van der Waals surface area contributed by atoms with E-state index in [0.29, 0.717) is 50.9 Å². The van der Waals surface area contributed by atoms with Gasteiger partial charge in [-0.15, -0.1) is 0 Å². The number of nitrogens with zero attached hydrogens (tertiary/aromatic N) is 1. The number of nitrogens with one attached hydrogen (secondary N) is 1. The minimum absolute atomic E-state index is 0.0744. The lowest BCUT2D eigenvalue weighted by Crippen LogP contribution is -2.44. The van der Waals surface area contributed by atoms with Gasteiger partial charge in [0, 0.05) is 19.2 Å². The second-order valence-electron chi connectivity index (χ2n) is 8.45. The van der Waals surface area contributed by atoms with Gasteiger partial charge in [-0.1, -0.05) is 40.9 Å². The van der Waals surface area contributed by atoms with Crippen LogP contribution in [0.25, 0.3) is 0 Å². The molecule has 1 aliphatic rings. The summed E-state index contributed by atoms with van der Waals surface area (Å²) in [7, 11) is 1.47. The summed E-state index contributed by atoms with van der Waals surface area (Å²) >= 11 is 18.3. The number of carbonyl (C=O) groups excluding carboxylic acids is 2. The van der Waals surface area contributed by atoms with E-state index in [4.69, 9.17) is 60.5 Å². The van der Waals surface area contributed by atoms with Crippen LogP contribution in [0.4, 0.5) is 10.5 Å². The Balaban J connectivity index is 1.48. The summed E-state index contributed by atoms with van der Waals surface area (Å²) in [5, 5.41) is 3.91. The average Bonchev–Trinajstić information content (AvgIpc) is 2.85. The van der Waals surface area contributed by atoms with Gasteiger partial charge in [0.1, 0.15) is 23.1 Å². The van der Waals surface area contributed by atoms with Crippen molar-refractivity contribution in [2.75, 3.05) is 45.6 Å².